The Bertz CT molecular complexity index is 453. The van der Waals surface area contributed by atoms with Crippen LogP contribution in [0.25, 0.3) is 11.4 Å². The largest absolute Gasteiger partial charge is 0.508 e. The van der Waals surface area contributed by atoms with Gasteiger partial charge < -0.3 is 14.7 Å². The summed E-state index contributed by atoms with van der Waals surface area (Å²) < 4.78 is 4.90. The third kappa shape index (κ3) is 2.13. The Morgan fingerprint density at radius 3 is 2.93 bits per heavy atom. The van der Waals surface area contributed by atoms with Gasteiger partial charge in [0.25, 0.3) is 0 Å². The molecule has 15 heavy (non-hydrogen) atoms. The monoisotopic (exact) mass is 206 g/mol. The van der Waals surface area contributed by atoms with Crippen LogP contribution in [-0.2, 0) is 6.42 Å². The molecule has 0 spiro atoms. The Morgan fingerprint density at radius 1 is 1.33 bits per heavy atom. The quantitative estimate of drug-likeness (QED) is 0.782. The highest BCUT2D eigenvalue weighted by atomic mass is 16.5. The zero-order chi connectivity index (χ0) is 10.7. The van der Waals surface area contributed by atoms with Crippen LogP contribution in [-0.4, -0.2) is 27.0 Å². The maximum Gasteiger partial charge on any atom is 0.229 e. The summed E-state index contributed by atoms with van der Waals surface area (Å²) in [6.07, 6.45) is 0.339. The first-order chi connectivity index (χ1) is 7.29. The van der Waals surface area contributed by atoms with Gasteiger partial charge in [0.2, 0.25) is 11.7 Å². The molecule has 0 bridgehead atoms. The molecule has 5 nitrogen and oxygen atoms in total. The highest BCUT2D eigenvalue weighted by Gasteiger charge is 2.07. The zero-order valence-electron chi connectivity index (χ0n) is 7.92. The average Bonchev–Trinajstić information content (AvgIpc) is 2.67. The summed E-state index contributed by atoms with van der Waals surface area (Å²) in [6, 6.07) is 6.59. The first kappa shape index (κ1) is 9.67. The van der Waals surface area contributed by atoms with E-state index in [1.54, 1.807) is 24.3 Å². The number of benzene rings is 1. The summed E-state index contributed by atoms with van der Waals surface area (Å²) in [5.41, 5.74) is 0.683. The first-order valence-corrected chi connectivity index (χ1v) is 4.52. The lowest BCUT2D eigenvalue weighted by molar-refractivity contribution is 0.274. The number of aromatic nitrogens is 2. The number of phenols is 1. The van der Waals surface area contributed by atoms with Crippen molar-refractivity contribution in [2.45, 2.75) is 6.42 Å². The predicted octanol–water partition coefficient (Wildman–Crippen LogP) is 0.977. The lowest BCUT2D eigenvalue weighted by atomic mass is 10.2. The second-order valence-corrected chi connectivity index (χ2v) is 3.04. The van der Waals surface area contributed by atoms with Crippen molar-refractivity contribution < 1.29 is 14.7 Å². The molecule has 1 aromatic carbocycles. The van der Waals surface area contributed by atoms with Crippen LogP contribution >= 0.6 is 0 Å². The number of hydrogen-bond donors (Lipinski definition) is 2. The van der Waals surface area contributed by atoms with E-state index in [1.165, 1.54) is 0 Å². The van der Waals surface area contributed by atoms with Crippen LogP contribution in [0.5, 0.6) is 5.75 Å². The number of nitrogens with zero attached hydrogens (tertiary/aromatic N) is 2. The van der Waals surface area contributed by atoms with Gasteiger partial charge in [-0.15, -0.1) is 0 Å². The zero-order valence-corrected chi connectivity index (χ0v) is 7.92. The predicted molar refractivity (Wildman–Crippen MR) is 52.2 cm³/mol. The van der Waals surface area contributed by atoms with E-state index in [0.29, 0.717) is 23.7 Å². The molecule has 1 heterocycles. The summed E-state index contributed by atoms with van der Waals surface area (Å²) in [5.74, 6) is 0.950. The Labute approximate surface area is 86.0 Å². The molecule has 0 unspecified atom stereocenters. The van der Waals surface area contributed by atoms with E-state index < -0.39 is 0 Å². The lowest BCUT2D eigenvalue weighted by Gasteiger charge is -1.94. The normalized spacial score (nSPS) is 10.5. The van der Waals surface area contributed by atoms with Gasteiger partial charge in [-0.05, 0) is 12.1 Å². The average molecular weight is 206 g/mol. The van der Waals surface area contributed by atoms with E-state index in [4.69, 9.17) is 9.63 Å². The van der Waals surface area contributed by atoms with E-state index in [0.717, 1.165) is 0 Å². The van der Waals surface area contributed by atoms with E-state index in [-0.39, 0.29) is 12.4 Å². The molecule has 0 aliphatic carbocycles. The molecular formula is C10H10N2O3. The van der Waals surface area contributed by atoms with Crippen LogP contribution in [0.2, 0.25) is 0 Å². The van der Waals surface area contributed by atoms with Gasteiger partial charge in [-0.25, -0.2) is 0 Å². The van der Waals surface area contributed by atoms with Crippen molar-refractivity contribution in [2.24, 2.45) is 0 Å². The molecule has 2 rings (SSSR count). The molecule has 0 aliphatic heterocycles. The van der Waals surface area contributed by atoms with Crippen molar-refractivity contribution in [3.8, 4) is 17.1 Å². The standard InChI is InChI=1S/C10H10N2O3/c13-5-4-9-11-10(12-15-9)7-2-1-3-8(14)6-7/h1-3,6,13-14H,4-5H2. The lowest BCUT2D eigenvalue weighted by Crippen LogP contribution is -1.90. The highest BCUT2D eigenvalue weighted by Crippen LogP contribution is 2.20. The number of phenolic OH excluding ortho intramolecular Hbond substituents is 1. The molecule has 2 N–H and O–H groups in total. The van der Waals surface area contributed by atoms with Gasteiger partial charge in [-0.1, -0.05) is 17.3 Å². The minimum absolute atomic E-state index is 0.0261. The van der Waals surface area contributed by atoms with Gasteiger partial charge in [0.05, 0.1) is 13.0 Å². The third-order valence-electron chi connectivity index (χ3n) is 1.90. The molecule has 0 saturated carbocycles. The van der Waals surface area contributed by atoms with Crippen molar-refractivity contribution >= 4 is 0 Å². The number of aliphatic hydroxyl groups excluding tert-OH is 1. The smallest absolute Gasteiger partial charge is 0.229 e. The van der Waals surface area contributed by atoms with Crippen molar-refractivity contribution in [3.05, 3.63) is 30.2 Å². The van der Waals surface area contributed by atoms with Gasteiger partial charge in [-0.2, -0.15) is 4.98 Å². The maximum atomic E-state index is 9.26. The molecule has 0 radical (unpaired) electrons. The first-order valence-electron chi connectivity index (χ1n) is 4.52. The van der Waals surface area contributed by atoms with E-state index in [1.807, 2.05) is 0 Å². The molecule has 2 aromatic rings. The van der Waals surface area contributed by atoms with E-state index in [9.17, 15) is 5.11 Å². The summed E-state index contributed by atoms with van der Waals surface area (Å²) in [7, 11) is 0. The van der Waals surface area contributed by atoms with Gasteiger partial charge in [0, 0.05) is 5.56 Å². The number of aromatic hydroxyl groups is 1. The molecule has 0 atom stereocenters. The summed E-state index contributed by atoms with van der Waals surface area (Å²) in [6.45, 7) is -0.0261. The summed E-state index contributed by atoms with van der Waals surface area (Å²) >= 11 is 0. The van der Waals surface area contributed by atoms with Crippen LogP contribution in [0.4, 0.5) is 0 Å². The second kappa shape index (κ2) is 4.10. The third-order valence-corrected chi connectivity index (χ3v) is 1.90. The molecule has 0 aliphatic rings. The van der Waals surface area contributed by atoms with Crippen molar-refractivity contribution in [1.29, 1.82) is 0 Å². The van der Waals surface area contributed by atoms with E-state index in [2.05, 4.69) is 10.1 Å². The van der Waals surface area contributed by atoms with Crippen LogP contribution in [0.1, 0.15) is 5.89 Å². The second-order valence-electron chi connectivity index (χ2n) is 3.04. The van der Waals surface area contributed by atoms with E-state index >= 15 is 0 Å². The Balaban J connectivity index is 2.29. The molecule has 5 heteroatoms. The van der Waals surface area contributed by atoms with Crippen molar-refractivity contribution in [3.63, 3.8) is 0 Å². The van der Waals surface area contributed by atoms with Crippen molar-refractivity contribution in [1.82, 2.24) is 10.1 Å². The molecule has 78 valence electrons. The van der Waals surface area contributed by atoms with Crippen LogP contribution < -0.4 is 0 Å². The molecular weight excluding hydrogens is 196 g/mol. The summed E-state index contributed by atoms with van der Waals surface area (Å²) in [5, 5.41) is 21.7. The molecule has 0 amide bonds. The minimum Gasteiger partial charge on any atom is -0.508 e. The SMILES string of the molecule is OCCc1nc(-c2cccc(O)c2)no1. The Hall–Kier alpha value is -1.88. The fraction of sp³-hybridized carbons (Fsp3) is 0.200. The molecule has 0 fully saturated rings. The van der Waals surface area contributed by atoms with Gasteiger partial charge in [0.1, 0.15) is 5.75 Å². The van der Waals surface area contributed by atoms with Gasteiger partial charge >= 0.3 is 0 Å². The number of rotatable bonds is 3. The van der Waals surface area contributed by atoms with Crippen LogP contribution in [0.15, 0.2) is 28.8 Å². The van der Waals surface area contributed by atoms with Gasteiger partial charge in [0.15, 0.2) is 0 Å². The fourth-order valence-electron chi connectivity index (χ4n) is 1.21. The van der Waals surface area contributed by atoms with Gasteiger partial charge in [-0.3, -0.25) is 0 Å². The van der Waals surface area contributed by atoms with Crippen molar-refractivity contribution in [2.75, 3.05) is 6.61 Å². The fourth-order valence-corrected chi connectivity index (χ4v) is 1.21. The molecule has 0 saturated heterocycles. The number of hydrogen-bond acceptors (Lipinski definition) is 5. The number of aliphatic hydroxyl groups is 1. The van der Waals surface area contributed by atoms with Crippen LogP contribution in [0.3, 0.4) is 0 Å². The molecule has 1 aromatic heterocycles. The minimum atomic E-state index is -0.0261. The summed E-state index contributed by atoms with van der Waals surface area (Å²) in [4.78, 5) is 4.06. The Morgan fingerprint density at radius 2 is 2.20 bits per heavy atom. The topological polar surface area (TPSA) is 79.4 Å². The Kier molecular flexibility index (Phi) is 2.64. The maximum absolute atomic E-state index is 9.26. The van der Waals surface area contributed by atoms with Crippen LogP contribution in [0, 0.1) is 0 Å². The highest BCUT2D eigenvalue weighted by molar-refractivity contribution is 5.56.